The summed E-state index contributed by atoms with van der Waals surface area (Å²) in [6.45, 7) is 3.19. The van der Waals surface area contributed by atoms with E-state index in [1.54, 1.807) is 0 Å². The van der Waals surface area contributed by atoms with Gasteiger partial charge in [0.25, 0.3) is 0 Å². The predicted molar refractivity (Wildman–Crippen MR) is 71.0 cm³/mol. The molecule has 0 saturated heterocycles. The summed E-state index contributed by atoms with van der Waals surface area (Å²) in [7, 11) is 0. The molecule has 0 amide bonds. The molecule has 0 aliphatic heterocycles. The van der Waals surface area contributed by atoms with Gasteiger partial charge in [0, 0.05) is 0 Å². The molecule has 5 nitrogen and oxygen atoms in total. The number of alkyl halides is 3. The number of para-hydroxylation sites is 1. The summed E-state index contributed by atoms with van der Waals surface area (Å²) in [6, 6.07) is 5.05. The van der Waals surface area contributed by atoms with Crippen LogP contribution >= 0.6 is 0 Å². The van der Waals surface area contributed by atoms with Crippen LogP contribution in [0.25, 0.3) is 0 Å². The average Bonchev–Trinajstić information content (AvgIpc) is 2.86. The molecular formula is C13H15F3N4O. The highest BCUT2D eigenvalue weighted by Gasteiger charge is 2.33. The van der Waals surface area contributed by atoms with Crippen molar-refractivity contribution in [1.82, 2.24) is 15.5 Å². The van der Waals surface area contributed by atoms with Gasteiger partial charge in [-0.15, -0.1) is 5.10 Å². The molecule has 0 bridgehead atoms. The number of halogens is 3. The molecule has 21 heavy (non-hydrogen) atoms. The number of benzene rings is 1. The van der Waals surface area contributed by atoms with Crippen molar-refractivity contribution in [3.63, 3.8) is 0 Å². The van der Waals surface area contributed by atoms with Gasteiger partial charge in [0.15, 0.2) is 0 Å². The van der Waals surface area contributed by atoms with Gasteiger partial charge in [-0.05, 0) is 25.1 Å². The Balaban J connectivity index is 2.09. The van der Waals surface area contributed by atoms with E-state index in [4.69, 9.17) is 4.42 Å². The Labute approximate surface area is 119 Å². The monoisotopic (exact) mass is 300 g/mol. The molecule has 114 valence electrons. The first-order valence-corrected chi connectivity index (χ1v) is 6.47. The lowest BCUT2D eigenvalue weighted by Crippen LogP contribution is -2.13. The molecule has 2 rings (SSSR count). The molecular weight excluding hydrogens is 285 g/mol. The van der Waals surface area contributed by atoms with E-state index in [9.17, 15) is 13.2 Å². The molecule has 1 heterocycles. The van der Waals surface area contributed by atoms with Crippen molar-refractivity contribution in [1.29, 1.82) is 0 Å². The predicted octanol–water partition coefficient (Wildman–Crippen LogP) is 3.33. The zero-order valence-corrected chi connectivity index (χ0v) is 11.4. The van der Waals surface area contributed by atoms with E-state index in [-0.39, 0.29) is 11.7 Å². The third kappa shape index (κ3) is 4.19. The number of nitrogens with zero attached hydrogens (tertiary/aromatic N) is 2. The van der Waals surface area contributed by atoms with Crippen LogP contribution < -0.4 is 10.6 Å². The van der Waals surface area contributed by atoms with Crippen LogP contribution in [0.15, 0.2) is 28.7 Å². The van der Waals surface area contributed by atoms with E-state index >= 15 is 0 Å². The van der Waals surface area contributed by atoms with Crippen molar-refractivity contribution >= 4 is 11.7 Å². The maximum Gasteiger partial charge on any atom is 0.418 e. The lowest BCUT2D eigenvalue weighted by Gasteiger charge is -2.11. The summed E-state index contributed by atoms with van der Waals surface area (Å²) in [6.07, 6.45) is -3.49. The number of hydrogen-bond donors (Lipinski definition) is 2. The largest absolute Gasteiger partial charge is 0.418 e. The Hall–Kier alpha value is -2.09. The van der Waals surface area contributed by atoms with Crippen molar-refractivity contribution < 1.29 is 17.6 Å². The summed E-state index contributed by atoms with van der Waals surface area (Å²) >= 11 is 0. The molecule has 2 N–H and O–H groups in total. The average molecular weight is 300 g/mol. The van der Waals surface area contributed by atoms with E-state index < -0.39 is 11.7 Å². The summed E-state index contributed by atoms with van der Waals surface area (Å²) < 4.78 is 43.8. The van der Waals surface area contributed by atoms with E-state index in [0.717, 1.165) is 19.0 Å². The highest BCUT2D eigenvalue weighted by molar-refractivity contribution is 5.58. The second-order valence-corrected chi connectivity index (χ2v) is 4.35. The van der Waals surface area contributed by atoms with Crippen molar-refractivity contribution in [2.75, 3.05) is 11.9 Å². The minimum atomic E-state index is -4.45. The summed E-state index contributed by atoms with van der Waals surface area (Å²) in [5, 5.41) is 13.0. The molecule has 0 spiro atoms. The third-order valence-corrected chi connectivity index (χ3v) is 2.64. The Kier molecular flexibility index (Phi) is 4.79. The van der Waals surface area contributed by atoms with Crippen molar-refractivity contribution in [3.8, 4) is 0 Å². The molecule has 0 saturated carbocycles. The van der Waals surface area contributed by atoms with Gasteiger partial charge in [-0.1, -0.05) is 24.2 Å². The fraction of sp³-hybridized carbons (Fsp3) is 0.385. The second kappa shape index (κ2) is 6.57. The van der Waals surface area contributed by atoms with Gasteiger partial charge in [0.05, 0.1) is 17.8 Å². The van der Waals surface area contributed by atoms with Crippen molar-refractivity contribution in [3.05, 3.63) is 35.7 Å². The Morgan fingerprint density at radius 3 is 2.67 bits per heavy atom. The van der Waals surface area contributed by atoms with Crippen LogP contribution in [0.1, 0.15) is 24.8 Å². The summed E-state index contributed by atoms with van der Waals surface area (Å²) in [5.74, 6) is 0.315. The minimum absolute atomic E-state index is 0.0694. The fourth-order valence-corrected chi connectivity index (χ4v) is 1.70. The summed E-state index contributed by atoms with van der Waals surface area (Å²) in [4.78, 5) is 0. The molecule has 0 aliphatic carbocycles. The van der Waals surface area contributed by atoms with Crippen molar-refractivity contribution in [2.45, 2.75) is 26.1 Å². The quantitative estimate of drug-likeness (QED) is 0.801. The number of anilines is 2. The van der Waals surface area contributed by atoms with E-state index in [2.05, 4.69) is 20.8 Å². The number of hydrogen-bond acceptors (Lipinski definition) is 5. The van der Waals surface area contributed by atoms with Gasteiger partial charge in [-0.25, -0.2) is 0 Å². The minimum Gasteiger partial charge on any atom is -0.406 e. The SMILES string of the molecule is CCCNCc1nnc(Nc2ccccc2C(F)(F)F)o1. The Morgan fingerprint density at radius 1 is 1.19 bits per heavy atom. The lowest BCUT2D eigenvalue weighted by molar-refractivity contribution is -0.136. The van der Waals surface area contributed by atoms with Gasteiger partial charge in [-0.2, -0.15) is 13.2 Å². The van der Waals surface area contributed by atoms with Gasteiger partial charge in [0.2, 0.25) is 5.89 Å². The molecule has 0 radical (unpaired) electrons. The molecule has 1 aromatic carbocycles. The lowest BCUT2D eigenvalue weighted by atomic mass is 10.2. The smallest absolute Gasteiger partial charge is 0.406 e. The van der Waals surface area contributed by atoms with Gasteiger partial charge >= 0.3 is 12.2 Å². The first kappa shape index (κ1) is 15.3. The van der Waals surface area contributed by atoms with Crippen LogP contribution in [-0.4, -0.2) is 16.7 Å². The first-order valence-electron chi connectivity index (χ1n) is 6.47. The highest BCUT2D eigenvalue weighted by Crippen LogP contribution is 2.35. The van der Waals surface area contributed by atoms with E-state index in [1.807, 2.05) is 6.92 Å². The first-order chi connectivity index (χ1) is 10.0. The molecule has 1 aromatic heterocycles. The van der Waals surface area contributed by atoms with Crippen LogP contribution in [0.5, 0.6) is 0 Å². The Morgan fingerprint density at radius 2 is 1.95 bits per heavy atom. The van der Waals surface area contributed by atoms with E-state index in [0.29, 0.717) is 12.4 Å². The van der Waals surface area contributed by atoms with Gasteiger partial charge < -0.3 is 15.1 Å². The normalized spacial score (nSPS) is 11.6. The Bertz CT molecular complexity index is 583. The highest BCUT2D eigenvalue weighted by atomic mass is 19.4. The molecule has 2 aromatic rings. The second-order valence-electron chi connectivity index (χ2n) is 4.35. The third-order valence-electron chi connectivity index (χ3n) is 2.64. The standard InChI is InChI=1S/C13H15F3N4O/c1-2-7-17-8-11-19-20-12(21-11)18-10-6-4-3-5-9(10)13(14,15)16/h3-6,17H,2,7-8H2,1H3,(H,18,20). The molecule has 8 heteroatoms. The molecule has 0 atom stereocenters. The maximum atomic E-state index is 12.8. The zero-order valence-electron chi connectivity index (χ0n) is 11.4. The number of rotatable bonds is 6. The number of aromatic nitrogens is 2. The summed E-state index contributed by atoms with van der Waals surface area (Å²) in [5.41, 5.74) is -0.907. The zero-order chi connectivity index (χ0) is 15.3. The van der Waals surface area contributed by atoms with Gasteiger partial charge in [0.1, 0.15) is 0 Å². The van der Waals surface area contributed by atoms with Crippen molar-refractivity contribution in [2.24, 2.45) is 0 Å². The van der Waals surface area contributed by atoms with Crippen LogP contribution in [0.3, 0.4) is 0 Å². The molecule has 0 unspecified atom stereocenters. The topological polar surface area (TPSA) is 63.0 Å². The maximum absolute atomic E-state index is 12.8. The van der Waals surface area contributed by atoms with Gasteiger partial charge in [-0.3, -0.25) is 0 Å². The molecule has 0 fully saturated rings. The van der Waals surface area contributed by atoms with Crippen LogP contribution in [0, 0.1) is 0 Å². The van der Waals surface area contributed by atoms with Crippen LogP contribution in [0.2, 0.25) is 0 Å². The van der Waals surface area contributed by atoms with Crippen LogP contribution in [0.4, 0.5) is 24.9 Å². The van der Waals surface area contributed by atoms with Crippen LogP contribution in [-0.2, 0) is 12.7 Å². The molecule has 0 aliphatic rings. The number of nitrogens with one attached hydrogen (secondary N) is 2. The van der Waals surface area contributed by atoms with E-state index in [1.165, 1.54) is 18.2 Å². The fourth-order valence-electron chi connectivity index (χ4n) is 1.70.